The number of benzene rings is 1. The molecule has 3 aliphatic rings. The van der Waals surface area contributed by atoms with Gasteiger partial charge in [0.05, 0.1) is 0 Å². The standard InChI is InChI=1S/C24H36N4O2/c1-5-25-22(27-21-15-20(21)16-9-7-6-8-10-16)26-17-13-18-11-12-19(14-17)28(18)23(29)30-24(2,3)4/h6-10,17-21H,5,11-15H2,1-4H3,(H2,25,26,27). The molecule has 4 unspecified atom stereocenters. The molecule has 2 N–H and O–H groups in total. The summed E-state index contributed by atoms with van der Waals surface area (Å²) in [6, 6.07) is 12.0. The summed E-state index contributed by atoms with van der Waals surface area (Å²) in [6.07, 6.45) is 5.03. The van der Waals surface area contributed by atoms with Gasteiger partial charge in [0.15, 0.2) is 5.96 Å². The first kappa shape index (κ1) is 21.0. The van der Waals surface area contributed by atoms with Crippen LogP contribution in [-0.4, -0.2) is 53.3 Å². The molecule has 4 rings (SSSR count). The van der Waals surface area contributed by atoms with E-state index in [4.69, 9.17) is 4.74 Å². The van der Waals surface area contributed by atoms with Crippen LogP contribution in [0.4, 0.5) is 4.79 Å². The molecule has 2 bridgehead atoms. The zero-order chi connectivity index (χ0) is 21.3. The van der Waals surface area contributed by atoms with Crippen LogP contribution in [0, 0.1) is 0 Å². The van der Waals surface area contributed by atoms with Crippen LogP contribution in [0.5, 0.6) is 0 Å². The van der Waals surface area contributed by atoms with E-state index in [2.05, 4.69) is 52.9 Å². The van der Waals surface area contributed by atoms with E-state index in [9.17, 15) is 4.79 Å². The lowest BCUT2D eigenvalue weighted by Gasteiger charge is -2.40. The van der Waals surface area contributed by atoms with Gasteiger partial charge in [-0.05, 0) is 65.4 Å². The fraction of sp³-hybridized carbons (Fsp3) is 0.667. The first-order valence-corrected chi connectivity index (χ1v) is 11.5. The molecule has 3 fully saturated rings. The molecule has 1 saturated carbocycles. The van der Waals surface area contributed by atoms with Crippen molar-refractivity contribution in [2.24, 2.45) is 4.99 Å². The van der Waals surface area contributed by atoms with Crippen LogP contribution in [0.15, 0.2) is 35.3 Å². The summed E-state index contributed by atoms with van der Waals surface area (Å²) in [5.74, 6) is 1.48. The van der Waals surface area contributed by atoms with E-state index in [0.29, 0.717) is 18.0 Å². The van der Waals surface area contributed by atoms with E-state index >= 15 is 0 Å². The third-order valence-corrected chi connectivity index (χ3v) is 6.33. The number of hydrogen-bond acceptors (Lipinski definition) is 3. The largest absolute Gasteiger partial charge is 0.444 e. The van der Waals surface area contributed by atoms with Crippen molar-refractivity contribution in [3.05, 3.63) is 35.9 Å². The number of rotatable bonds is 4. The smallest absolute Gasteiger partial charge is 0.410 e. The minimum atomic E-state index is -0.448. The number of nitrogens with zero attached hydrogens (tertiary/aromatic N) is 2. The van der Waals surface area contributed by atoms with Gasteiger partial charge >= 0.3 is 6.09 Å². The normalized spacial score (nSPS) is 30.7. The van der Waals surface area contributed by atoms with Gasteiger partial charge in [0.25, 0.3) is 0 Å². The van der Waals surface area contributed by atoms with Gasteiger partial charge in [0.2, 0.25) is 0 Å². The summed E-state index contributed by atoms with van der Waals surface area (Å²) in [4.78, 5) is 19.4. The molecule has 1 aliphatic carbocycles. The number of amides is 1. The molecule has 1 aromatic carbocycles. The molecule has 0 radical (unpaired) electrons. The highest BCUT2D eigenvalue weighted by Crippen LogP contribution is 2.41. The molecule has 164 valence electrons. The highest BCUT2D eigenvalue weighted by molar-refractivity contribution is 5.81. The number of nitrogens with one attached hydrogen (secondary N) is 2. The minimum Gasteiger partial charge on any atom is -0.444 e. The zero-order valence-electron chi connectivity index (χ0n) is 18.7. The van der Waals surface area contributed by atoms with Gasteiger partial charge in [-0.1, -0.05) is 30.3 Å². The van der Waals surface area contributed by atoms with Gasteiger partial charge in [-0.3, -0.25) is 4.99 Å². The Morgan fingerprint density at radius 3 is 2.37 bits per heavy atom. The van der Waals surface area contributed by atoms with Crippen LogP contribution < -0.4 is 10.6 Å². The molecule has 1 amide bonds. The quantitative estimate of drug-likeness (QED) is 0.579. The van der Waals surface area contributed by atoms with Crippen molar-refractivity contribution in [2.45, 2.75) is 95.5 Å². The first-order valence-electron chi connectivity index (χ1n) is 11.5. The second-order valence-electron chi connectivity index (χ2n) is 9.91. The van der Waals surface area contributed by atoms with Crippen LogP contribution in [0.1, 0.15) is 71.3 Å². The van der Waals surface area contributed by atoms with E-state index in [0.717, 1.165) is 44.6 Å². The predicted octanol–water partition coefficient (Wildman–Crippen LogP) is 4.03. The summed E-state index contributed by atoms with van der Waals surface area (Å²) in [6.45, 7) is 8.62. The summed E-state index contributed by atoms with van der Waals surface area (Å²) in [5, 5.41) is 7.31. The van der Waals surface area contributed by atoms with Crippen molar-refractivity contribution in [2.75, 3.05) is 6.54 Å². The second kappa shape index (κ2) is 8.48. The Bertz CT molecular complexity index is 759. The Morgan fingerprint density at radius 2 is 1.77 bits per heavy atom. The summed E-state index contributed by atoms with van der Waals surface area (Å²) < 4.78 is 5.66. The Kier molecular flexibility index (Phi) is 5.94. The lowest BCUT2D eigenvalue weighted by molar-refractivity contribution is 0.00545. The average Bonchev–Trinajstić information content (AvgIpc) is 3.38. The number of guanidine groups is 1. The van der Waals surface area contributed by atoms with Crippen LogP contribution in [0.25, 0.3) is 0 Å². The molecule has 4 atom stereocenters. The lowest BCUT2D eigenvalue weighted by atomic mass is 9.98. The molecule has 2 saturated heterocycles. The van der Waals surface area contributed by atoms with Crippen molar-refractivity contribution in [3.8, 4) is 0 Å². The number of carbonyl (C=O) groups excluding carboxylic acids is 1. The van der Waals surface area contributed by atoms with E-state index in [-0.39, 0.29) is 18.2 Å². The highest BCUT2D eigenvalue weighted by Gasteiger charge is 2.45. The van der Waals surface area contributed by atoms with E-state index < -0.39 is 5.60 Å². The van der Waals surface area contributed by atoms with Crippen LogP contribution in [0.2, 0.25) is 0 Å². The fourth-order valence-corrected chi connectivity index (χ4v) is 4.99. The predicted molar refractivity (Wildman–Crippen MR) is 120 cm³/mol. The maximum Gasteiger partial charge on any atom is 0.410 e. The molecule has 0 aromatic heterocycles. The average molecular weight is 413 g/mol. The van der Waals surface area contributed by atoms with E-state index in [1.54, 1.807) is 0 Å². The van der Waals surface area contributed by atoms with Crippen molar-refractivity contribution >= 4 is 12.1 Å². The molecule has 0 spiro atoms. The summed E-state index contributed by atoms with van der Waals surface area (Å²) in [5.41, 5.74) is 0.949. The third-order valence-electron chi connectivity index (χ3n) is 6.33. The summed E-state index contributed by atoms with van der Waals surface area (Å²) >= 11 is 0. The van der Waals surface area contributed by atoms with E-state index in [1.807, 2.05) is 25.7 Å². The van der Waals surface area contributed by atoms with Gasteiger partial charge in [-0.15, -0.1) is 0 Å². The van der Waals surface area contributed by atoms with Crippen molar-refractivity contribution in [3.63, 3.8) is 0 Å². The van der Waals surface area contributed by atoms with E-state index in [1.165, 1.54) is 5.56 Å². The molecule has 6 nitrogen and oxygen atoms in total. The Labute approximate surface area is 180 Å². The van der Waals surface area contributed by atoms with Crippen LogP contribution >= 0.6 is 0 Å². The topological polar surface area (TPSA) is 66.0 Å². The van der Waals surface area contributed by atoms with Crippen LogP contribution in [-0.2, 0) is 4.74 Å². The van der Waals surface area contributed by atoms with Gasteiger partial charge in [-0.25, -0.2) is 4.79 Å². The lowest BCUT2D eigenvalue weighted by Crippen LogP contribution is -2.55. The molecular formula is C24H36N4O2. The number of hydrogen-bond donors (Lipinski definition) is 2. The Balaban J connectivity index is 1.33. The number of aliphatic imine (C=N–C) groups is 1. The SMILES string of the molecule is CCN=C(NC1CC2CCC(C1)N2C(=O)OC(C)(C)C)NC1CC1c1ccccc1. The molecule has 30 heavy (non-hydrogen) atoms. The summed E-state index contributed by atoms with van der Waals surface area (Å²) in [7, 11) is 0. The maximum atomic E-state index is 12.7. The fourth-order valence-electron chi connectivity index (χ4n) is 4.99. The van der Waals surface area contributed by atoms with Crippen molar-refractivity contribution in [1.29, 1.82) is 0 Å². The number of carbonyl (C=O) groups is 1. The van der Waals surface area contributed by atoms with Gasteiger partial charge in [0, 0.05) is 36.6 Å². The monoisotopic (exact) mass is 412 g/mol. The minimum absolute atomic E-state index is 0.155. The Morgan fingerprint density at radius 1 is 1.10 bits per heavy atom. The Hall–Kier alpha value is -2.24. The molecule has 2 heterocycles. The van der Waals surface area contributed by atoms with Gasteiger partial charge in [-0.2, -0.15) is 0 Å². The second-order valence-corrected chi connectivity index (χ2v) is 9.91. The number of piperidine rings is 1. The third kappa shape index (κ3) is 4.90. The molecular weight excluding hydrogens is 376 g/mol. The van der Waals surface area contributed by atoms with Gasteiger partial charge < -0.3 is 20.3 Å². The zero-order valence-corrected chi connectivity index (χ0v) is 18.7. The number of ether oxygens (including phenoxy) is 1. The number of fused-ring (bicyclic) bond motifs is 2. The maximum absolute atomic E-state index is 12.7. The van der Waals surface area contributed by atoms with Gasteiger partial charge in [0.1, 0.15) is 5.60 Å². The van der Waals surface area contributed by atoms with Crippen molar-refractivity contribution < 1.29 is 9.53 Å². The molecule has 1 aromatic rings. The van der Waals surface area contributed by atoms with Crippen molar-refractivity contribution in [1.82, 2.24) is 15.5 Å². The van der Waals surface area contributed by atoms with Crippen LogP contribution in [0.3, 0.4) is 0 Å². The molecule has 2 aliphatic heterocycles. The highest BCUT2D eigenvalue weighted by atomic mass is 16.6. The first-order chi connectivity index (χ1) is 14.3. The molecule has 6 heteroatoms.